The minimum Gasteiger partial charge on any atom is -0.466 e. The van der Waals surface area contributed by atoms with Crippen molar-refractivity contribution in [2.75, 3.05) is 13.2 Å². The molecule has 0 N–H and O–H groups in total. The van der Waals surface area contributed by atoms with Crippen molar-refractivity contribution in [3.05, 3.63) is 0 Å². The molecule has 0 aromatic heterocycles. The van der Waals surface area contributed by atoms with Gasteiger partial charge in [0.2, 0.25) is 0 Å². The molecule has 0 radical (unpaired) electrons. The molecule has 2 aliphatic rings. The van der Waals surface area contributed by atoms with E-state index in [1.165, 1.54) is 32.1 Å². The van der Waals surface area contributed by atoms with Crippen LogP contribution in [0.5, 0.6) is 0 Å². The number of hydrogen-bond donors (Lipinski definition) is 0. The maximum atomic E-state index is 11.1. The molecule has 92 valence electrons. The Hall–Kier alpha value is -0.570. The lowest BCUT2D eigenvalue weighted by Gasteiger charge is -2.24. The van der Waals surface area contributed by atoms with Gasteiger partial charge < -0.3 is 9.47 Å². The van der Waals surface area contributed by atoms with Gasteiger partial charge in [0.15, 0.2) is 0 Å². The summed E-state index contributed by atoms with van der Waals surface area (Å²) in [6.07, 6.45) is 9.24. The van der Waals surface area contributed by atoms with Gasteiger partial charge in [0.25, 0.3) is 0 Å². The Morgan fingerprint density at radius 1 is 1.12 bits per heavy atom. The van der Waals surface area contributed by atoms with Crippen molar-refractivity contribution in [1.29, 1.82) is 0 Å². The SMILES string of the molecule is O=C1CCC(OCC2CCCCC2)CCO1. The standard InChI is InChI=1S/C13H22O3/c14-13-7-6-12(8-9-15-13)16-10-11-4-2-1-3-5-11/h11-12H,1-10H2. The van der Waals surface area contributed by atoms with Crippen LogP contribution >= 0.6 is 0 Å². The Morgan fingerprint density at radius 3 is 2.75 bits per heavy atom. The summed E-state index contributed by atoms with van der Waals surface area (Å²) in [4.78, 5) is 11.1. The summed E-state index contributed by atoms with van der Waals surface area (Å²) in [6.45, 7) is 1.42. The number of hydrogen-bond acceptors (Lipinski definition) is 3. The molecule has 1 aliphatic carbocycles. The summed E-state index contributed by atoms with van der Waals surface area (Å²) < 4.78 is 10.9. The molecular formula is C13H22O3. The van der Waals surface area contributed by atoms with Crippen molar-refractivity contribution in [2.24, 2.45) is 5.92 Å². The molecule has 1 heterocycles. The smallest absolute Gasteiger partial charge is 0.305 e. The largest absolute Gasteiger partial charge is 0.466 e. The molecule has 16 heavy (non-hydrogen) atoms. The van der Waals surface area contributed by atoms with Crippen LogP contribution in [-0.2, 0) is 14.3 Å². The fourth-order valence-corrected chi connectivity index (χ4v) is 2.59. The first-order valence-corrected chi connectivity index (χ1v) is 6.62. The fourth-order valence-electron chi connectivity index (χ4n) is 2.59. The van der Waals surface area contributed by atoms with Gasteiger partial charge in [0.1, 0.15) is 0 Å². The van der Waals surface area contributed by atoms with E-state index in [0.717, 1.165) is 25.4 Å². The molecule has 0 bridgehead atoms. The summed E-state index contributed by atoms with van der Waals surface area (Å²) in [5.41, 5.74) is 0. The highest BCUT2D eigenvalue weighted by Crippen LogP contribution is 2.25. The van der Waals surface area contributed by atoms with E-state index < -0.39 is 0 Å². The van der Waals surface area contributed by atoms with Crippen molar-refractivity contribution >= 4 is 5.97 Å². The van der Waals surface area contributed by atoms with E-state index >= 15 is 0 Å². The van der Waals surface area contributed by atoms with Crippen molar-refractivity contribution in [3.63, 3.8) is 0 Å². The molecule has 2 rings (SSSR count). The first-order valence-electron chi connectivity index (χ1n) is 6.62. The topological polar surface area (TPSA) is 35.5 Å². The van der Waals surface area contributed by atoms with E-state index in [4.69, 9.17) is 9.47 Å². The second kappa shape index (κ2) is 6.24. The highest BCUT2D eigenvalue weighted by molar-refractivity contribution is 5.69. The van der Waals surface area contributed by atoms with Gasteiger partial charge in [0, 0.05) is 19.4 Å². The van der Waals surface area contributed by atoms with Gasteiger partial charge in [0.05, 0.1) is 12.7 Å². The molecule has 3 heteroatoms. The van der Waals surface area contributed by atoms with E-state index in [0.29, 0.717) is 13.0 Å². The summed E-state index contributed by atoms with van der Waals surface area (Å²) in [7, 11) is 0. The predicted octanol–water partition coefficient (Wildman–Crippen LogP) is 2.68. The highest BCUT2D eigenvalue weighted by atomic mass is 16.5. The minimum absolute atomic E-state index is 0.0660. The summed E-state index contributed by atoms with van der Waals surface area (Å²) in [5.74, 6) is 0.692. The average Bonchev–Trinajstić information content (AvgIpc) is 2.53. The van der Waals surface area contributed by atoms with Crippen LogP contribution in [0.25, 0.3) is 0 Å². The third-order valence-electron chi connectivity index (χ3n) is 3.67. The van der Waals surface area contributed by atoms with Crippen molar-refractivity contribution < 1.29 is 14.3 Å². The van der Waals surface area contributed by atoms with E-state index in [1.807, 2.05) is 0 Å². The molecule has 1 aliphatic heterocycles. The van der Waals surface area contributed by atoms with Gasteiger partial charge in [-0.2, -0.15) is 0 Å². The van der Waals surface area contributed by atoms with Crippen LogP contribution in [-0.4, -0.2) is 25.3 Å². The van der Waals surface area contributed by atoms with E-state index in [-0.39, 0.29) is 12.1 Å². The van der Waals surface area contributed by atoms with Gasteiger partial charge in [-0.15, -0.1) is 0 Å². The second-order valence-corrected chi connectivity index (χ2v) is 5.01. The quantitative estimate of drug-likeness (QED) is 0.694. The number of carbonyl (C=O) groups is 1. The zero-order chi connectivity index (χ0) is 11.2. The number of esters is 1. The Kier molecular flexibility index (Phi) is 4.64. The van der Waals surface area contributed by atoms with Gasteiger partial charge in [-0.25, -0.2) is 0 Å². The predicted molar refractivity (Wildman–Crippen MR) is 61.1 cm³/mol. The van der Waals surface area contributed by atoms with Gasteiger partial charge in [-0.05, 0) is 25.2 Å². The maximum absolute atomic E-state index is 11.1. The first-order chi connectivity index (χ1) is 7.84. The van der Waals surface area contributed by atoms with E-state index in [1.54, 1.807) is 0 Å². The van der Waals surface area contributed by atoms with Crippen LogP contribution in [0.4, 0.5) is 0 Å². The second-order valence-electron chi connectivity index (χ2n) is 5.01. The molecule has 0 aromatic rings. The van der Waals surface area contributed by atoms with E-state index in [9.17, 15) is 4.79 Å². The molecule has 0 aromatic carbocycles. The van der Waals surface area contributed by atoms with Gasteiger partial charge >= 0.3 is 5.97 Å². The highest BCUT2D eigenvalue weighted by Gasteiger charge is 2.20. The monoisotopic (exact) mass is 226 g/mol. The minimum atomic E-state index is -0.0660. The van der Waals surface area contributed by atoms with Crippen LogP contribution in [0.1, 0.15) is 51.4 Å². The summed E-state index contributed by atoms with van der Waals surface area (Å²) in [6, 6.07) is 0. The molecule has 1 unspecified atom stereocenters. The zero-order valence-electron chi connectivity index (χ0n) is 9.95. The normalized spacial score (nSPS) is 28.5. The van der Waals surface area contributed by atoms with Crippen molar-refractivity contribution in [2.45, 2.75) is 57.5 Å². The number of carbonyl (C=O) groups excluding carboxylic acids is 1. The first kappa shape index (κ1) is 11.9. The Bertz CT molecular complexity index is 221. The van der Waals surface area contributed by atoms with Gasteiger partial charge in [-0.3, -0.25) is 4.79 Å². The average molecular weight is 226 g/mol. The Morgan fingerprint density at radius 2 is 1.94 bits per heavy atom. The van der Waals surface area contributed by atoms with Crippen LogP contribution < -0.4 is 0 Å². The molecular weight excluding hydrogens is 204 g/mol. The number of ether oxygens (including phenoxy) is 2. The molecule has 1 saturated carbocycles. The summed E-state index contributed by atoms with van der Waals surface area (Å²) >= 11 is 0. The van der Waals surface area contributed by atoms with Crippen molar-refractivity contribution in [1.82, 2.24) is 0 Å². The Balaban J connectivity index is 1.66. The molecule has 3 nitrogen and oxygen atoms in total. The molecule has 1 atom stereocenters. The van der Waals surface area contributed by atoms with Gasteiger partial charge in [-0.1, -0.05) is 19.3 Å². The van der Waals surface area contributed by atoms with E-state index in [2.05, 4.69) is 0 Å². The molecule has 1 saturated heterocycles. The molecule has 0 spiro atoms. The number of rotatable bonds is 3. The third-order valence-corrected chi connectivity index (χ3v) is 3.67. The lowest BCUT2D eigenvalue weighted by atomic mass is 9.90. The molecule has 0 amide bonds. The van der Waals surface area contributed by atoms with Crippen LogP contribution in [0.2, 0.25) is 0 Å². The van der Waals surface area contributed by atoms with Crippen LogP contribution in [0.3, 0.4) is 0 Å². The fraction of sp³-hybridized carbons (Fsp3) is 0.923. The van der Waals surface area contributed by atoms with Crippen LogP contribution in [0.15, 0.2) is 0 Å². The molecule has 2 fully saturated rings. The lowest BCUT2D eigenvalue weighted by molar-refractivity contribution is -0.142. The van der Waals surface area contributed by atoms with Crippen molar-refractivity contribution in [3.8, 4) is 0 Å². The zero-order valence-corrected chi connectivity index (χ0v) is 9.95. The Labute approximate surface area is 97.5 Å². The lowest BCUT2D eigenvalue weighted by Crippen LogP contribution is -2.20. The summed E-state index contributed by atoms with van der Waals surface area (Å²) in [5, 5.41) is 0. The third kappa shape index (κ3) is 3.78. The maximum Gasteiger partial charge on any atom is 0.305 e. The number of cyclic esters (lactones) is 1. The van der Waals surface area contributed by atoms with Crippen LogP contribution in [0, 0.1) is 5.92 Å².